The van der Waals surface area contributed by atoms with Crippen LogP contribution in [0.2, 0.25) is 5.02 Å². The summed E-state index contributed by atoms with van der Waals surface area (Å²) in [4.78, 5) is 8.92. The molecule has 5 heteroatoms. The maximum Gasteiger partial charge on any atom is 0.183 e. The third-order valence-corrected chi connectivity index (χ3v) is 3.87. The van der Waals surface area contributed by atoms with E-state index in [1.807, 2.05) is 31.2 Å². The molecule has 0 aliphatic carbocycles. The molecule has 3 rings (SSSR count). The van der Waals surface area contributed by atoms with Crippen molar-refractivity contribution in [2.75, 3.05) is 18.5 Å². The Balaban J connectivity index is 1.71. The molecule has 21 heavy (non-hydrogen) atoms. The van der Waals surface area contributed by atoms with Gasteiger partial charge in [-0.1, -0.05) is 29.8 Å². The maximum absolute atomic E-state index is 6.17. The first-order chi connectivity index (χ1) is 10.2. The van der Waals surface area contributed by atoms with Crippen LogP contribution in [0.4, 0.5) is 5.82 Å². The van der Waals surface area contributed by atoms with Crippen molar-refractivity contribution in [3.05, 3.63) is 46.4 Å². The first-order valence-electron chi connectivity index (χ1n) is 7.21. The minimum absolute atomic E-state index is 0.735. The number of fused-ring (bicyclic) bond motifs is 1. The van der Waals surface area contributed by atoms with Gasteiger partial charge in [0.25, 0.3) is 0 Å². The van der Waals surface area contributed by atoms with Gasteiger partial charge < -0.3 is 10.1 Å². The van der Waals surface area contributed by atoms with Gasteiger partial charge in [-0.25, -0.2) is 9.97 Å². The van der Waals surface area contributed by atoms with E-state index in [0.29, 0.717) is 0 Å². The molecule has 1 aromatic heterocycles. The van der Waals surface area contributed by atoms with E-state index < -0.39 is 0 Å². The number of nitrogens with one attached hydrogen (secondary N) is 1. The van der Waals surface area contributed by atoms with Gasteiger partial charge >= 0.3 is 0 Å². The van der Waals surface area contributed by atoms with Gasteiger partial charge in [-0.15, -0.1) is 0 Å². The van der Waals surface area contributed by atoms with Crippen LogP contribution in [-0.4, -0.2) is 23.1 Å². The number of benzene rings is 1. The molecule has 0 saturated heterocycles. The molecular weight excluding hydrogens is 286 g/mol. The lowest BCUT2D eigenvalue weighted by atomic mass is 10.1. The van der Waals surface area contributed by atoms with Crippen molar-refractivity contribution in [1.29, 1.82) is 0 Å². The number of aromatic nitrogens is 2. The molecular formula is C16H18ClN3O. The second kappa shape index (κ2) is 6.31. The average molecular weight is 304 g/mol. The predicted molar refractivity (Wildman–Crippen MR) is 84.2 cm³/mol. The lowest BCUT2D eigenvalue weighted by Gasteiger charge is -2.20. The molecule has 0 fully saturated rings. The highest BCUT2D eigenvalue weighted by atomic mass is 35.5. The van der Waals surface area contributed by atoms with Crippen molar-refractivity contribution in [2.24, 2.45) is 0 Å². The van der Waals surface area contributed by atoms with Crippen molar-refractivity contribution in [2.45, 2.75) is 26.2 Å². The van der Waals surface area contributed by atoms with Gasteiger partial charge in [0.05, 0.1) is 12.3 Å². The number of nitrogens with zero attached hydrogens (tertiary/aromatic N) is 2. The van der Waals surface area contributed by atoms with Crippen LogP contribution in [0.1, 0.15) is 23.5 Å². The summed E-state index contributed by atoms with van der Waals surface area (Å²) >= 11 is 6.17. The molecule has 1 aliphatic heterocycles. The third kappa shape index (κ3) is 3.27. The standard InChI is InChI=1S/C16H18ClN3O/c1-11-19-14-7-4-10-21-15(14)16(20-11)18-9-8-12-5-2-3-6-13(12)17/h2-3,5-6H,4,7-10H2,1H3,(H,18,19,20). The second-order valence-electron chi connectivity index (χ2n) is 5.12. The Morgan fingerprint density at radius 3 is 3.00 bits per heavy atom. The quantitative estimate of drug-likeness (QED) is 0.940. The van der Waals surface area contributed by atoms with Gasteiger partial charge in [0, 0.05) is 11.6 Å². The zero-order chi connectivity index (χ0) is 14.7. The molecule has 0 unspecified atom stereocenters. The molecule has 0 spiro atoms. The van der Waals surface area contributed by atoms with Crippen LogP contribution in [0, 0.1) is 6.92 Å². The number of anilines is 1. The lowest BCUT2D eigenvalue weighted by Crippen LogP contribution is -2.16. The van der Waals surface area contributed by atoms with Crippen molar-refractivity contribution in [3.8, 4) is 5.75 Å². The summed E-state index contributed by atoms with van der Waals surface area (Å²) in [6.45, 7) is 3.41. The zero-order valence-electron chi connectivity index (χ0n) is 12.0. The molecule has 4 nitrogen and oxygen atoms in total. The smallest absolute Gasteiger partial charge is 0.183 e. The molecule has 0 amide bonds. The molecule has 0 atom stereocenters. The number of halogens is 1. The summed E-state index contributed by atoms with van der Waals surface area (Å²) in [5, 5.41) is 4.16. The average Bonchev–Trinajstić information content (AvgIpc) is 2.49. The highest BCUT2D eigenvalue weighted by Crippen LogP contribution is 2.30. The molecule has 0 radical (unpaired) electrons. The summed E-state index contributed by atoms with van der Waals surface area (Å²) in [7, 11) is 0. The normalized spacial score (nSPS) is 13.4. The fourth-order valence-electron chi connectivity index (χ4n) is 2.49. The number of rotatable bonds is 4. The van der Waals surface area contributed by atoms with Crippen LogP contribution < -0.4 is 10.1 Å². The minimum Gasteiger partial charge on any atom is -0.488 e. The molecule has 2 aromatic rings. The van der Waals surface area contributed by atoms with E-state index in [4.69, 9.17) is 16.3 Å². The Morgan fingerprint density at radius 2 is 2.14 bits per heavy atom. The largest absolute Gasteiger partial charge is 0.488 e. The Kier molecular flexibility index (Phi) is 4.25. The topological polar surface area (TPSA) is 47.0 Å². The summed E-state index contributed by atoms with van der Waals surface area (Å²) in [5.74, 6) is 2.38. The van der Waals surface area contributed by atoms with Gasteiger partial charge in [0.15, 0.2) is 11.6 Å². The fourth-order valence-corrected chi connectivity index (χ4v) is 2.72. The number of aryl methyl sites for hydroxylation is 2. The summed E-state index contributed by atoms with van der Waals surface area (Å²) in [5.41, 5.74) is 2.14. The van der Waals surface area contributed by atoms with Gasteiger partial charge in [0.1, 0.15) is 5.82 Å². The van der Waals surface area contributed by atoms with Gasteiger partial charge in [-0.2, -0.15) is 0 Å². The Bertz CT molecular complexity index is 645. The lowest BCUT2D eigenvalue weighted by molar-refractivity contribution is 0.284. The highest BCUT2D eigenvalue weighted by molar-refractivity contribution is 6.31. The summed E-state index contributed by atoms with van der Waals surface area (Å²) < 4.78 is 5.72. The van der Waals surface area contributed by atoms with Crippen LogP contribution in [0.15, 0.2) is 24.3 Å². The molecule has 110 valence electrons. The van der Waals surface area contributed by atoms with Gasteiger partial charge in [-0.3, -0.25) is 0 Å². The second-order valence-corrected chi connectivity index (χ2v) is 5.52. The summed E-state index contributed by atoms with van der Waals surface area (Å²) in [6.07, 6.45) is 2.82. The predicted octanol–water partition coefficient (Wildman–Crippen LogP) is 3.42. The SMILES string of the molecule is Cc1nc2c(c(NCCc3ccccc3Cl)n1)OCCC2. The maximum atomic E-state index is 6.17. The molecule has 0 bridgehead atoms. The van der Waals surface area contributed by atoms with Crippen molar-refractivity contribution >= 4 is 17.4 Å². The van der Waals surface area contributed by atoms with Crippen LogP contribution in [0.3, 0.4) is 0 Å². The van der Waals surface area contributed by atoms with E-state index in [1.54, 1.807) is 0 Å². The monoisotopic (exact) mass is 303 g/mol. The number of hydrogen-bond donors (Lipinski definition) is 1. The van der Waals surface area contributed by atoms with Gasteiger partial charge in [-0.05, 0) is 37.8 Å². The zero-order valence-corrected chi connectivity index (χ0v) is 12.8. The van der Waals surface area contributed by atoms with E-state index >= 15 is 0 Å². The Hall–Kier alpha value is -1.81. The highest BCUT2D eigenvalue weighted by Gasteiger charge is 2.18. The summed E-state index contributed by atoms with van der Waals surface area (Å²) in [6, 6.07) is 7.90. The first kappa shape index (κ1) is 14.1. The molecule has 1 N–H and O–H groups in total. The van der Waals surface area contributed by atoms with Crippen molar-refractivity contribution in [1.82, 2.24) is 9.97 Å². The fraction of sp³-hybridized carbons (Fsp3) is 0.375. The number of hydrogen-bond acceptors (Lipinski definition) is 4. The van der Waals surface area contributed by atoms with Crippen LogP contribution in [0.25, 0.3) is 0 Å². The van der Waals surface area contributed by atoms with Crippen LogP contribution in [-0.2, 0) is 12.8 Å². The Morgan fingerprint density at radius 1 is 1.29 bits per heavy atom. The van der Waals surface area contributed by atoms with Crippen molar-refractivity contribution < 1.29 is 4.74 Å². The molecule has 1 aliphatic rings. The molecule has 1 aromatic carbocycles. The minimum atomic E-state index is 0.735. The Labute approximate surface area is 129 Å². The van der Waals surface area contributed by atoms with E-state index in [2.05, 4.69) is 15.3 Å². The van der Waals surface area contributed by atoms with E-state index in [1.165, 1.54) is 0 Å². The van der Waals surface area contributed by atoms with Gasteiger partial charge in [0.2, 0.25) is 0 Å². The molecule has 2 heterocycles. The first-order valence-corrected chi connectivity index (χ1v) is 7.59. The van der Waals surface area contributed by atoms with E-state index in [9.17, 15) is 0 Å². The molecule has 0 saturated carbocycles. The van der Waals surface area contributed by atoms with E-state index in [-0.39, 0.29) is 0 Å². The van der Waals surface area contributed by atoms with Crippen molar-refractivity contribution in [3.63, 3.8) is 0 Å². The third-order valence-electron chi connectivity index (χ3n) is 3.50. The van der Waals surface area contributed by atoms with Crippen LogP contribution in [0.5, 0.6) is 5.75 Å². The van der Waals surface area contributed by atoms with E-state index in [0.717, 1.165) is 66.1 Å². The number of ether oxygens (including phenoxy) is 1. The van der Waals surface area contributed by atoms with Crippen LogP contribution >= 0.6 is 11.6 Å².